The number of thiazole rings is 1. The number of nitrogens with zero attached hydrogens (tertiary/aromatic N) is 2. The zero-order valence-corrected chi connectivity index (χ0v) is 13.9. The molecule has 2 aromatic rings. The monoisotopic (exact) mass is 341 g/mol. The van der Waals surface area contributed by atoms with Gasteiger partial charge in [0.2, 0.25) is 5.91 Å². The van der Waals surface area contributed by atoms with Crippen molar-refractivity contribution in [2.45, 2.75) is 32.2 Å². The fourth-order valence-electron chi connectivity index (χ4n) is 3.13. The second-order valence-electron chi connectivity index (χ2n) is 5.93. The van der Waals surface area contributed by atoms with E-state index in [1.54, 1.807) is 31.2 Å². The lowest BCUT2D eigenvalue weighted by atomic mass is 10.1. The van der Waals surface area contributed by atoms with Crippen LogP contribution in [0.25, 0.3) is 0 Å². The topological polar surface area (TPSA) is 79.4 Å². The molecule has 0 fully saturated rings. The lowest BCUT2D eigenvalue weighted by molar-refractivity contribution is -0.119. The number of imide groups is 1. The summed E-state index contributed by atoms with van der Waals surface area (Å²) in [5.74, 6) is -1.27. The molecule has 7 heteroatoms. The van der Waals surface area contributed by atoms with Crippen LogP contribution in [0.2, 0.25) is 0 Å². The summed E-state index contributed by atoms with van der Waals surface area (Å²) < 4.78 is 0. The summed E-state index contributed by atoms with van der Waals surface area (Å²) in [6.45, 7) is 1.55. The molecule has 1 atom stereocenters. The highest BCUT2D eigenvalue weighted by Gasteiger charge is 2.40. The van der Waals surface area contributed by atoms with Gasteiger partial charge in [-0.15, -0.1) is 11.3 Å². The highest BCUT2D eigenvalue weighted by atomic mass is 32.1. The molecule has 24 heavy (non-hydrogen) atoms. The van der Waals surface area contributed by atoms with Crippen LogP contribution in [-0.2, 0) is 17.6 Å². The van der Waals surface area contributed by atoms with Crippen LogP contribution >= 0.6 is 11.3 Å². The number of aromatic nitrogens is 1. The van der Waals surface area contributed by atoms with Crippen LogP contribution in [0.4, 0.5) is 5.13 Å². The standard InChI is InChI=1S/C17H15N3O3S/c1-9(14(21)19-17-18-12-7-4-8-13(12)24-17)20-15(22)10-5-2-3-6-11(10)16(20)23/h2-3,5-6,9H,4,7-8H2,1H3,(H,18,19,21). The Morgan fingerprint density at radius 2 is 1.88 bits per heavy atom. The van der Waals surface area contributed by atoms with Gasteiger partial charge in [0.15, 0.2) is 5.13 Å². The Hall–Kier alpha value is -2.54. The molecular weight excluding hydrogens is 326 g/mol. The number of hydrogen-bond donors (Lipinski definition) is 1. The van der Waals surface area contributed by atoms with E-state index in [9.17, 15) is 14.4 Å². The number of benzene rings is 1. The number of carbonyl (C=O) groups excluding carboxylic acids is 3. The Bertz CT molecular complexity index is 817. The van der Waals surface area contributed by atoms with Gasteiger partial charge in [0.1, 0.15) is 6.04 Å². The van der Waals surface area contributed by atoms with Gasteiger partial charge in [-0.2, -0.15) is 0 Å². The molecule has 0 saturated carbocycles. The van der Waals surface area contributed by atoms with Crippen LogP contribution in [0.15, 0.2) is 24.3 Å². The Balaban J connectivity index is 1.53. The molecule has 1 aliphatic carbocycles. The third kappa shape index (κ3) is 2.24. The Kier molecular flexibility index (Phi) is 3.45. The van der Waals surface area contributed by atoms with E-state index in [-0.39, 0.29) is 0 Å². The lowest BCUT2D eigenvalue weighted by Crippen LogP contribution is -2.45. The summed E-state index contributed by atoms with van der Waals surface area (Å²) in [5.41, 5.74) is 1.73. The van der Waals surface area contributed by atoms with Gasteiger partial charge in [-0.1, -0.05) is 12.1 Å². The first-order valence-corrected chi connectivity index (χ1v) is 8.64. The molecule has 1 N–H and O–H groups in total. The molecule has 1 unspecified atom stereocenters. The molecule has 2 heterocycles. The second-order valence-corrected chi connectivity index (χ2v) is 7.02. The summed E-state index contributed by atoms with van der Waals surface area (Å²) in [6, 6.07) is 5.72. The van der Waals surface area contributed by atoms with Crippen molar-refractivity contribution in [3.05, 3.63) is 46.0 Å². The molecule has 1 aromatic heterocycles. The average molecular weight is 341 g/mol. The van der Waals surface area contributed by atoms with Crippen LogP contribution in [0.5, 0.6) is 0 Å². The number of nitrogens with one attached hydrogen (secondary N) is 1. The van der Waals surface area contributed by atoms with E-state index in [2.05, 4.69) is 10.3 Å². The maximum atomic E-state index is 12.5. The summed E-state index contributed by atoms with van der Waals surface area (Å²) in [5, 5.41) is 3.27. The molecule has 1 aromatic carbocycles. The normalized spacial score (nSPS) is 17.0. The average Bonchev–Trinajstić information content (AvgIpc) is 3.21. The minimum Gasteiger partial charge on any atom is -0.300 e. The first-order valence-electron chi connectivity index (χ1n) is 7.82. The van der Waals surface area contributed by atoms with Gasteiger partial charge in [-0.05, 0) is 38.3 Å². The van der Waals surface area contributed by atoms with Crippen molar-refractivity contribution >= 4 is 34.2 Å². The maximum absolute atomic E-state index is 12.5. The van der Waals surface area contributed by atoms with E-state index in [4.69, 9.17) is 0 Å². The van der Waals surface area contributed by atoms with Crippen molar-refractivity contribution in [2.24, 2.45) is 0 Å². The molecule has 6 nitrogen and oxygen atoms in total. The van der Waals surface area contributed by atoms with Crippen molar-refractivity contribution in [2.75, 3.05) is 5.32 Å². The predicted octanol–water partition coefficient (Wildman–Crippen LogP) is 2.26. The summed E-state index contributed by atoms with van der Waals surface area (Å²) in [7, 11) is 0. The number of anilines is 1. The summed E-state index contributed by atoms with van der Waals surface area (Å²) >= 11 is 1.47. The highest BCUT2D eigenvalue weighted by Crippen LogP contribution is 2.31. The Morgan fingerprint density at radius 3 is 2.50 bits per heavy atom. The largest absolute Gasteiger partial charge is 0.300 e. The summed E-state index contributed by atoms with van der Waals surface area (Å²) in [4.78, 5) is 44.0. The van der Waals surface area contributed by atoms with Crippen molar-refractivity contribution in [3.8, 4) is 0 Å². The predicted molar refractivity (Wildman–Crippen MR) is 89.2 cm³/mol. The number of aryl methyl sites for hydroxylation is 2. The van der Waals surface area contributed by atoms with Gasteiger partial charge in [-0.25, -0.2) is 4.98 Å². The van der Waals surface area contributed by atoms with Gasteiger partial charge in [-0.3, -0.25) is 19.3 Å². The van der Waals surface area contributed by atoms with Crippen LogP contribution in [0.1, 0.15) is 44.6 Å². The molecule has 122 valence electrons. The molecule has 0 saturated heterocycles. The molecule has 0 radical (unpaired) electrons. The Labute approximate surface area is 142 Å². The number of fused-ring (bicyclic) bond motifs is 2. The van der Waals surface area contributed by atoms with E-state index in [0.29, 0.717) is 16.3 Å². The molecule has 0 bridgehead atoms. The van der Waals surface area contributed by atoms with Gasteiger partial charge in [0.25, 0.3) is 11.8 Å². The molecule has 2 aliphatic rings. The summed E-state index contributed by atoms with van der Waals surface area (Å²) in [6.07, 6.45) is 3.04. The van der Waals surface area contributed by atoms with E-state index < -0.39 is 23.8 Å². The fourth-order valence-corrected chi connectivity index (χ4v) is 4.18. The van der Waals surface area contributed by atoms with Crippen molar-refractivity contribution in [1.29, 1.82) is 0 Å². The molecule has 1 aliphatic heterocycles. The zero-order chi connectivity index (χ0) is 16.8. The number of hydrogen-bond acceptors (Lipinski definition) is 5. The first-order chi connectivity index (χ1) is 11.6. The van der Waals surface area contributed by atoms with Crippen LogP contribution in [0, 0.1) is 0 Å². The van der Waals surface area contributed by atoms with E-state index in [1.807, 2.05) is 0 Å². The van der Waals surface area contributed by atoms with Gasteiger partial charge < -0.3 is 5.32 Å². The van der Waals surface area contributed by atoms with Gasteiger partial charge >= 0.3 is 0 Å². The first kappa shape index (κ1) is 15.0. The zero-order valence-electron chi connectivity index (χ0n) is 13.0. The molecule has 3 amide bonds. The molecule has 4 rings (SSSR count). The van der Waals surface area contributed by atoms with Crippen molar-refractivity contribution in [3.63, 3.8) is 0 Å². The second kappa shape index (κ2) is 5.52. The van der Waals surface area contributed by atoms with Crippen LogP contribution < -0.4 is 5.32 Å². The number of rotatable bonds is 3. The third-order valence-corrected chi connectivity index (χ3v) is 5.49. The number of amides is 3. The van der Waals surface area contributed by atoms with Gasteiger partial charge in [0.05, 0.1) is 16.8 Å². The van der Waals surface area contributed by atoms with Crippen LogP contribution in [0.3, 0.4) is 0 Å². The van der Waals surface area contributed by atoms with Crippen LogP contribution in [-0.4, -0.2) is 33.6 Å². The van der Waals surface area contributed by atoms with E-state index in [0.717, 1.165) is 29.9 Å². The smallest absolute Gasteiger partial charge is 0.262 e. The van der Waals surface area contributed by atoms with Gasteiger partial charge in [0, 0.05) is 4.88 Å². The van der Waals surface area contributed by atoms with E-state index >= 15 is 0 Å². The quantitative estimate of drug-likeness (QED) is 0.869. The molecule has 0 spiro atoms. The van der Waals surface area contributed by atoms with E-state index in [1.165, 1.54) is 16.2 Å². The minimum absolute atomic E-state index is 0.343. The van der Waals surface area contributed by atoms with Crippen molar-refractivity contribution in [1.82, 2.24) is 9.88 Å². The van der Waals surface area contributed by atoms with Crippen molar-refractivity contribution < 1.29 is 14.4 Å². The highest BCUT2D eigenvalue weighted by molar-refractivity contribution is 7.15. The lowest BCUT2D eigenvalue weighted by Gasteiger charge is -2.21. The third-order valence-electron chi connectivity index (χ3n) is 4.42. The fraction of sp³-hybridized carbons (Fsp3) is 0.294. The maximum Gasteiger partial charge on any atom is 0.262 e. The molecular formula is C17H15N3O3S. The number of carbonyl (C=O) groups is 3. The SMILES string of the molecule is CC(C(=O)Nc1nc2c(s1)CCC2)N1C(=O)c2ccccc2C1=O. The Morgan fingerprint density at radius 1 is 1.21 bits per heavy atom. The minimum atomic E-state index is -0.892.